The zero-order valence-corrected chi connectivity index (χ0v) is 22.3. The molecule has 176 valence electrons. The van der Waals surface area contributed by atoms with Crippen LogP contribution in [-0.2, 0) is 9.53 Å². The number of aromatic nitrogens is 1. The molecule has 0 N–H and O–H groups in total. The third kappa shape index (κ3) is 4.50. The van der Waals surface area contributed by atoms with Crippen LogP contribution in [0.25, 0.3) is 6.08 Å². The van der Waals surface area contributed by atoms with E-state index in [1.807, 2.05) is 61.5 Å². The second-order valence-corrected chi connectivity index (χ2v) is 10.2. The van der Waals surface area contributed by atoms with E-state index in [9.17, 15) is 9.59 Å². The van der Waals surface area contributed by atoms with Gasteiger partial charge in [0.05, 0.1) is 28.1 Å². The highest BCUT2D eigenvalue weighted by molar-refractivity contribution is 9.10. The summed E-state index contributed by atoms with van der Waals surface area (Å²) in [7, 11) is 3.94. The van der Waals surface area contributed by atoms with Crippen LogP contribution >= 0.6 is 38.9 Å². The molecule has 0 amide bonds. The molecule has 9 heteroatoms. The highest BCUT2D eigenvalue weighted by Gasteiger charge is 2.34. The monoisotopic (exact) mass is 559 g/mol. The van der Waals surface area contributed by atoms with Crippen molar-refractivity contribution in [2.45, 2.75) is 19.9 Å². The first kappa shape index (κ1) is 24.4. The van der Waals surface area contributed by atoms with E-state index in [2.05, 4.69) is 20.9 Å². The Morgan fingerprint density at radius 3 is 2.68 bits per heavy atom. The van der Waals surface area contributed by atoms with Crippen molar-refractivity contribution in [3.05, 3.63) is 94.0 Å². The zero-order chi connectivity index (χ0) is 24.6. The average Bonchev–Trinajstić information content (AvgIpc) is 3.07. The maximum atomic E-state index is 13.7. The zero-order valence-electron chi connectivity index (χ0n) is 19.1. The van der Waals surface area contributed by atoms with Gasteiger partial charge in [0.15, 0.2) is 4.80 Å². The van der Waals surface area contributed by atoms with E-state index >= 15 is 0 Å². The van der Waals surface area contributed by atoms with Gasteiger partial charge in [0.1, 0.15) is 6.04 Å². The number of anilines is 1. The predicted octanol–water partition coefficient (Wildman–Crippen LogP) is 4.28. The smallest absolute Gasteiger partial charge is 0.338 e. The van der Waals surface area contributed by atoms with E-state index in [-0.39, 0.29) is 12.2 Å². The van der Waals surface area contributed by atoms with Crippen LogP contribution in [-0.4, -0.2) is 31.2 Å². The number of allylic oxidation sites excluding steroid dienone is 1. The average molecular weight is 561 g/mol. The SMILES string of the molecule is CCOC(=O)C1=C(C)N=c2s/c(=C\c3ccc(N(C)C)c(Br)c3)c(=O)n2[C@@H]1c1ccccc1Cl. The summed E-state index contributed by atoms with van der Waals surface area (Å²) in [5.74, 6) is -0.508. The minimum absolute atomic E-state index is 0.215. The Kier molecular flexibility index (Phi) is 7.12. The van der Waals surface area contributed by atoms with Crippen molar-refractivity contribution in [2.24, 2.45) is 4.99 Å². The molecule has 2 aromatic carbocycles. The van der Waals surface area contributed by atoms with Gasteiger partial charge in [0.2, 0.25) is 0 Å². The lowest BCUT2D eigenvalue weighted by Gasteiger charge is -2.25. The van der Waals surface area contributed by atoms with Gasteiger partial charge in [-0.1, -0.05) is 47.2 Å². The van der Waals surface area contributed by atoms with Gasteiger partial charge in [-0.2, -0.15) is 0 Å². The summed E-state index contributed by atoms with van der Waals surface area (Å²) in [6, 6.07) is 12.4. The topological polar surface area (TPSA) is 63.9 Å². The Bertz CT molecular complexity index is 1490. The van der Waals surface area contributed by atoms with Crippen LogP contribution < -0.4 is 19.8 Å². The van der Waals surface area contributed by atoms with Gasteiger partial charge in [-0.3, -0.25) is 9.36 Å². The van der Waals surface area contributed by atoms with Gasteiger partial charge in [0.25, 0.3) is 5.56 Å². The Balaban J connectivity index is 1.94. The molecule has 1 atom stereocenters. The molecule has 0 saturated carbocycles. The van der Waals surface area contributed by atoms with Crippen LogP contribution in [0.1, 0.15) is 31.0 Å². The van der Waals surface area contributed by atoms with Crippen molar-refractivity contribution >= 4 is 56.6 Å². The number of thiazole rings is 1. The van der Waals surface area contributed by atoms with Crippen molar-refractivity contribution in [3.8, 4) is 0 Å². The Labute approximate surface area is 214 Å². The van der Waals surface area contributed by atoms with E-state index < -0.39 is 12.0 Å². The van der Waals surface area contributed by atoms with E-state index in [1.54, 1.807) is 24.5 Å². The fraction of sp³-hybridized carbons (Fsp3) is 0.240. The van der Waals surface area contributed by atoms with Crippen molar-refractivity contribution in [1.29, 1.82) is 0 Å². The normalized spacial score (nSPS) is 15.7. The summed E-state index contributed by atoms with van der Waals surface area (Å²) in [5.41, 5.74) is 3.13. The molecule has 0 aliphatic carbocycles. The molecular formula is C25H23BrClN3O3S. The molecule has 6 nitrogen and oxygen atoms in total. The molecule has 0 radical (unpaired) electrons. The van der Waals surface area contributed by atoms with Crippen LogP contribution in [0.3, 0.4) is 0 Å². The summed E-state index contributed by atoms with van der Waals surface area (Å²) in [5, 5.41) is 0.460. The number of fused-ring (bicyclic) bond motifs is 1. The molecule has 0 saturated heterocycles. The minimum atomic E-state index is -0.728. The quantitative estimate of drug-likeness (QED) is 0.437. The molecule has 4 rings (SSSR count). The van der Waals surface area contributed by atoms with Gasteiger partial charge in [-0.25, -0.2) is 9.79 Å². The standard InChI is InChI=1S/C25H23BrClN3O3S/c1-5-33-24(32)21-14(2)28-25-30(22(21)16-8-6-7-9-18(16)27)23(31)20(34-25)13-15-10-11-19(29(3)4)17(26)12-15/h6-13,22H,5H2,1-4H3/b20-13-/t22-/m1/s1. The molecular weight excluding hydrogens is 538 g/mol. The van der Waals surface area contributed by atoms with E-state index in [0.29, 0.717) is 31.2 Å². The van der Waals surface area contributed by atoms with Crippen LogP contribution in [0.4, 0.5) is 5.69 Å². The number of halogens is 2. The molecule has 1 aliphatic rings. The van der Waals surface area contributed by atoms with Gasteiger partial charge in [-0.05, 0) is 65.2 Å². The van der Waals surface area contributed by atoms with Gasteiger partial charge < -0.3 is 9.64 Å². The van der Waals surface area contributed by atoms with Crippen molar-refractivity contribution in [3.63, 3.8) is 0 Å². The van der Waals surface area contributed by atoms with Gasteiger partial charge in [0, 0.05) is 23.6 Å². The Morgan fingerprint density at radius 1 is 1.29 bits per heavy atom. The Morgan fingerprint density at radius 2 is 2.03 bits per heavy atom. The van der Waals surface area contributed by atoms with E-state index in [4.69, 9.17) is 16.3 Å². The van der Waals surface area contributed by atoms with Gasteiger partial charge in [-0.15, -0.1) is 0 Å². The summed E-state index contributed by atoms with van der Waals surface area (Å²) in [6.07, 6.45) is 1.83. The highest BCUT2D eigenvalue weighted by Crippen LogP contribution is 2.34. The second kappa shape index (κ2) is 9.90. The first-order valence-electron chi connectivity index (χ1n) is 10.6. The lowest BCUT2D eigenvalue weighted by Crippen LogP contribution is -2.40. The van der Waals surface area contributed by atoms with Crippen LogP contribution in [0.15, 0.2) is 68.0 Å². The number of nitrogens with zero attached hydrogens (tertiary/aromatic N) is 3. The largest absolute Gasteiger partial charge is 0.463 e. The van der Waals surface area contributed by atoms with Crippen molar-refractivity contribution < 1.29 is 9.53 Å². The number of carbonyl (C=O) groups excluding carboxylic acids is 1. The molecule has 0 fully saturated rings. The van der Waals surface area contributed by atoms with Crippen LogP contribution in [0.5, 0.6) is 0 Å². The first-order valence-corrected chi connectivity index (χ1v) is 12.6. The maximum Gasteiger partial charge on any atom is 0.338 e. The predicted molar refractivity (Wildman–Crippen MR) is 140 cm³/mol. The maximum absolute atomic E-state index is 13.7. The summed E-state index contributed by atoms with van der Waals surface area (Å²) < 4.78 is 8.29. The van der Waals surface area contributed by atoms with E-state index in [0.717, 1.165) is 15.7 Å². The molecule has 0 bridgehead atoms. The lowest BCUT2D eigenvalue weighted by atomic mass is 9.96. The molecule has 1 aliphatic heterocycles. The number of rotatable bonds is 5. The molecule has 0 unspecified atom stereocenters. The number of ether oxygens (including phenoxy) is 1. The van der Waals surface area contributed by atoms with Crippen molar-refractivity contribution in [1.82, 2.24) is 4.57 Å². The fourth-order valence-electron chi connectivity index (χ4n) is 3.91. The number of benzene rings is 2. The summed E-state index contributed by atoms with van der Waals surface area (Å²) in [6.45, 7) is 3.71. The molecule has 3 aromatic rings. The van der Waals surface area contributed by atoms with Crippen LogP contribution in [0.2, 0.25) is 5.02 Å². The first-order chi connectivity index (χ1) is 16.2. The van der Waals surface area contributed by atoms with Gasteiger partial charge >= 0.3 is 5.97 Å². The number of esters is 1. The molecule has 34 heavy (non-hydrogen) atoms. The Hall–Kier alpha value is -2.68. The lowest BCUT2D eigenvalue weighted by molar-refractivity contribution is -0.139. The third-order valence-electron chi connectivity index (χ3n) is 5.47. The third-order valence-corrected chi connectivity index (χ3v) is 7.43. The second-order valence-electron chi connectivity index (χ2n) is 7.93. The van der Waals surface area contributed by atoms with Crippen molar-refractivity contribution in [2.75, 3.05) is 25.6 Å². The highest BCUT2D eigenvalue weighted by atomic mass is 79.9. The number of hydrogen-bond donors (Lipinski definition) is 0. The van der Waals surface area contributed by atoms with Crippen LogP contribution in [0, 0.1) is 0 Å². The molecule has 1 aromatic heterocycles. The summed E-state index contributed by atoms with van der Waals surface area (Å²) in [4.78, 5) is 33.7. The molecule has 2 heterocycles. The van der Waals surface area contributed by atoms with E-state index in [1.165, 1.54) is 11.3 Å². The summed E-state index contributed by atoms with van der Waals surface area (Å²) >= 11 is 11.4. The molecule has 0 spiro atoms. The number of carbonyl (C=O) groups is 1. The number of hydrogen-bond acceptors (Lipinski definition) is 6. The fourth-order valence-corrected chi connectivity index (χ4v) is 5.95. The minimum Gasteiger partial charge on any atom is -0.463 e.